The molecular weight excluding hydrogens is 379 g/mol. The first-order chi connectivity index (χ1) is 9.99. The minimum absolute atomic E-state index is 0.0128. The normalized spacial score (nSPS) is 10.0. The van der Waals surface area contributed by atoms with Crippen molar-refractivity contribution in [1.82, 2.24) is 5.32 Å². The molecule has 3 nitrogen and oxygen atoms in total. The van der Waals surface area contributed by atoms with Crippen LogP contribution in [0.1, 0.15) is 10.4 Å². The van der Waals surface area contributed by atoms with Gasteiger partial charge in [-0.25, -0.2) is 4.39 Å². The summed E-state index contributed by atoms with van der Waals surface area (Å²) in [5, 5.41) is 4.99. The first-order valence-electron chi connectivity index (χ1n) is 5.80. The van der Waals surface area contributed by atoms with E-state index in [1.54, 1.807) is 36.4 Å². The molecule has 0 saturated carbocycles. The zero-order valence-electron chi connectivity index (χ0n) is 10.5. The van der Waals surface area contributed by atoms with Crippen molar-refractivity contribution in [3.63, 3.8) is 0 Å². The Balaban J connectivity index is 2.06. The van der Waals surface area contributed by atoms with E-state index in [0.29, 0.717) is 10.0 Å². The minimum atomic E-state index is -0.651. The molecule has 7 heteroatoms. The van der Waals surface area contributed by atoms with Crippen LogP contribution in [-0.2, 0) is 0 Å². The third-order valence-electron chi connectivity index (χ3n) is 2.55. The minimum Gasteiger partial charge on any atom is -0.330 e. The zero-order chi connectivity index (χ0) is 15.4. The van der Waals surface area contributed by atoms with Crippen molar-refractivity contribution in [2.75, 3.05) is 5.32 Å². The lowest BCUT2D eigenvalue weighted by molar-refractivity contribution is 0.0977. The summed E-state index contributed by atoms with van der Waals surface area (Å²) in [6, 6.07) is 11.6. The molecule has 0 bridgehead atoms. The van der Waals surface area contributed by atoms with Crippen molar-refractivity contribution in [2.45, 2.75) is 0 Å². The highest BCUT2D eigenvalue weighted by atomic mass is 79.9. The monoisotopic (exact) mass is 386 g/mol. The van der Waals surface area contributed by atoms with Crippen molar-refractivity contribution in [1.29, 1.82) is 0 Å². The van der Waals surface area contributed by atoms with Crippen LogP contribution in [0.5, 0.6) is 0 Å². The maximum absolute atomic E-state index is 13.9. The molecule has 0 radical (unpaired) electrons. The fraction of sp³-hybridized carbons (Fsp3) is 0. The smallest absolute Gasteiger partial charge is 0.257 e. The van der Waals surface area contributed by atoms with E-state index in [0.717, 1.165) is 0 Å². The third-order valence-corrected chi connectivity index (χ3v) is 4.01. The molecule has 1 amide bonds. The van der Waals surface area contributed by atoms with Gasteiger partial charge < -0.3 is 5.32 Å². The maximum Gasteiger partial charge on any atom is 0.257 e. The predicted octanol–water partition coefficient (Wildman–Crippen LogP) is 4.37. The average molecular weight is 388 g/mol. The number of benzene rings is 2. The summed E-state index contributed by atoms with van der Waals surface area (Å²) >= 11 is 13.9. The lowest BCUT2D eigenvalue weighted by atomic mass is 10.2. The van der Waals surface area contributed by atoms with Gasteiger partial charge in [-0.3, -0.25) is 10.1 Å². The molecule has 0 fully saturated rings. The molecule has 0 aliphatic heterocycles. The molecule has 0 spiro atoms. The van der Waals surface area contributed by atoms with Crippen molar-refractivity contribution in [3.8, 4) is 0 Å². The summed E-state index contributed by atoms with van der Waals surface area (Å²) < 4.78 is 14.3. The lowest BCUT2D eigenvalue weighted by Gasteiger charge is -2.11. The quantitative estimate of drug-likeness (QED) is 0.594. The van der Waals surface area contributed by atoms with Crippen LogP contribution < -0.4 is 10.6 Å². The molecule has 2 aromatic carbocycles. The molecule has 108 valence electrons. The van der Waals surface area contributed by atoms with Gasteiger partial charge in [0.05, 0.1) is 10.7 Å². The van der Waals surface area contributed by atoms with Crippen LogP contribution in [0.15, 0.2) is 46.9 Å². The van der Waals surface area contributed by atoms with Crippen LogP contribution in [0.2, 0.25) is 5.02 Å². The van der Waals surface area contributed by atoms with Gasteiger partial charge in [0, 0.05) is 10.0 Å². The second-order valence-electron chi connectivity index (χ2n) is 4.00. The van der Waals surface area contributed by atoms with Crippen molar-refractivity contribution in [2.24, 2.45) is 0 Å². The zero-order valence-corrected chi connectivity index (χ0v) is 13.7. The maximum atomic E-state index is 13.9. The third kappa shape index (κ3) is 4.00. The highest BCUT2D eigenvalue weighted by Gasteiger charge is 2.13. The van der Waals surface area contributed by atoms with Gasteiger partial charge in [-0.05, 0) is 52.4 Å². The van der Waals surface area contributed by atoms with E-state index in [9.17, 15) is 9.18 Å². The summed E-state index contributed by atoms with van der Waals surface area (Å²) in [6.45, 7) is 0. The topological polar surface area (TPSA) is 41.1 Å². The summed E-state index contributed by atoms with van der Waals surface area (Å²) in [5.74, 6) is -1.03. The Hall–Kier alpha value is -1.50. The van der Waals surface area contributed by atoms with E-state index in [1.807, 2.05) is 0 Å². The van der Waals surface area contributed by atoms with Gasteiger partial charge in [0.15, 0.2) is 10.9 Å². The van der Waals surface area contributed by atoms with Crippen molar-refractivity contribution in [3.05, 3.63) is 63.3 Å². The number of anilines is 1. The van der Waals surface area contributed by atoms with Gasteiger partial charge in [0.1, 0.15) is 0 Å². The number of halogens is 3. The number of rotatable bonds is 2. The molecule has 0 heterocycles. The molecule has 2 aromatic rings. The molecule has 0 atom stereocenters. The Bertz CT molecular complexity index is 697. The van der Waals surface area contributed by atoms with Crippen LogP contribution >= 0.6 is 39.7 Å². The van der Waals surface area contributed by atoms with Gasteiger partial charge >= 0.3 is 0 Å². The number of carbonyl (C=O) groups is 1. The van der Waals surface area contributed by atoms with E-state index < -0.39 is 5.82 Å². The van der Waals surface area contributed by atoms with E-state index in [1.165, 1.54) is 6.07 Å². The van der Waals surface area contributed by atoms with Crippen LogP contribution in [0.4, 0.5) is 10.1 Å². The summed E-state index contributed by atoms with van der Waals surface area (Å²) in [4.78, 5) is 11.9. The van der Waals surface area contributed by atoms with Crippen molar-refractivity contribution >= 4 is 56.5 Å². The largest absolute Gasteiger partial charge is 0.330 e. The first-order valence-corrected chi connectivity index (χ1v) is 7.38. The molecule has 2 rings (SSSR count). The number of carbonyl (C=O) groups excluding carboxylic acids is 1. The lowest BCUT2D eigenvalue weighted by Crippen LogP contribution is -2.34. The SMILES string of the molecule is O=C(NC(=S)Nc1ccc(Br)c(Cl)c1F)c1ccccc1. The highest BCUT2D eigenvalue weighted by Crippen LogP contribution is 2.30. The highest BCUT2D eigenvalue weighted by molar-refractivity contribution is 9.10. The summed E-state index contributed by atoms with van der Waals surface area (Å²) in [7, 11) is 0. The van der Waals surface area contributed by atoms with E-state index >= 15 is 0 Å². The Morgan fingerprint density at radius 3 is 2.52 bits per heavy atom. The molecule has 0 aliphatic carbocycles. The summed E-state index contributed by atoms with van der Waals surface area (Å²) in [6.07, 6.45) is 0. The number of amides is 1. The molecule has 0 saturated heterocycles. The van der Waals surface area contributed by atoms with E-state index in [-0.39, 0.29) is 21.7 Å². The second-order valence-corrected chi connectivity index (χ2v) is 5.64. The van der Waals surface area contributed by atoms with Gasteiger partial charge in [0.2, 0.25) is 0 Å². The Morgan fingerprint density at radius 2 is 1.86 bits per heavy atom. The Kier molecular flexibility index (Phi) is 5.27. The fourth-order valence-corrected chi connectivity index (χ4v) is 2.21. The standard InChI is InChI=1S/C14H9BrClFN2OS/c15-9-6-7-10(12(17)11(9)16)18-14(21)19-13(20)8-4-2-1-3-5-8/h1-7H,(H2,18,19,20,21). The van der Waals surface area contributed by atoms with Gasteiger partial charge in [-0.2, -0.15) is 0 Å². The molecular formula is C14H9BrClFN2OS. The average Bonchev–Trinajstić information content (AvgIpc) is 2.49. The van der Waals surface area contributed by atoms with Gasteiger partial charge in [0.25, 0.3) is 5.91 Å². The van der Waals surface area contributed by atoms with Gasteiger partial charge in [-0.15, -0.1) is 0 Å². The van der Waals surface area contributed by atoms with Crippen LogP contribution in [0.25, 0.3) is 0 Å². The van der Waals surface area contributed by atoms with E-state index in [4.69, 9.17) is 23.8 Å². The Morgan fingerprint density at radius 1 is 1.19 bits per heavy atom. The van der Waals surface area contributed by atoms with Crippen LogP contribution in [0, 0.1) is 5.82 Å². The van der Waals surface area contributed by atoms with Crippen LogP contribution in [0.3, 0.4) is 0 Å². The first kappa shape index (κ1) is 15.9. The Labute approximate surface area is 139 Å². The van der Waals surface area contributed by atoms with Gasteiger partial charge in [-0.1, -0.05) is 29.8 Å². The second kappa shape index (κ2) is 6.98. The molecule has 21 heavy (non-hydrogen) atoms. The molecule has 0 aliphatic rings. The van der Waals surface area contributed by atoms with Crippen LogP contribution in [-0.4, -0.2) is 11.0 Å². The predicted molar refractivity (Wildman–Crippen MR) is 89.2 cm³/mol. The number of nitrogens with one attached hydrogen (secondary N) is 2. The molecule has 0 unspecified atom stereocenters. The summed E-state index contributed by atoms with van der Waals surface area (Å²) in [5.41, 5.74) is 0.539. The number of hydrogen-bond acceptors (Lipinski definition) is 2. The number of thiocarbonyl (C=S) groups is 1. The van der Waals surface area contributed by atoms with Crippen molar-refractivity contribution < 1.29 is 9.18 Å². The number of hydrogen-bond donors (Lipinski definition) is 2. The molecule has 0 aromatic heterocycles. The fourth-order valence-electron chi connectivity index (χ4n) is 1.54. The molecule has 2 N–H and O–H groups in total. The van der Waals surface area contributed by atoms with E-state index in [2.05, 4.69) is 26.6 Å².